The molecule has 1 heterocycles. The molecule has 23 heavy (non-hydrogen) atoms. The number of nitrogens with zero attached hydrogens (tertiary/aromatic N) is 1. The Bertz CT molecular complexity index is 627. The summed E-state index contributed by atoms with van der Waals surface area (Å²) in [4.78, 5) is 11.9. The van der Waals surface area contributed by atoms with Crippen molar-refractivity contribution in [1.82, 2.24) is 5.06 Å². The van der Waals surface area contributed by atoms with E-state index in [2.05, 4.69) is 24.3 Å². The highest BCUT2D eigenvalue weighted by Gasteiger charge is 2.35. The number of hydrogen-bond donors (Lipinski definition) is 1. The predicted molar refractivity (Wildman–Crippen MR) is 90.2 cm³/mol. The van der Waals surface area contributed by atoms with Crippen molar-refractivity contribution < 1.29 is 10.0 Å². The smallest absolute Gasteiger partial charge is 0.246 e. The SMILES string of the molecule is O=C1CC[C@H](c2ccccc2)[C@H](CCCc2ccccc2)N1O. The van der Waals surface area contributed by atoms with Gasteiger partial charge in [-0.05, 0) is 36.8 Å². The molecule has 0 aromatic heterocycles. The van der Waals surface area contributed by atoms with Gasteiger partial charge in [0.05, 0.1) is 6.04 Å². The fourth-order valence-corrected chi connectivity index (χ4v) is 3.51. The highest BCUT2D eigenvalue weighted by atomic mass is 16.5. The van der Waals surface area contributed by atoms with E-state index in [1.54, 1.807) is 0 Å². The van der Waals surface area contributed by atoms with E-state index in [9.17, 15) is 10.0 Å². The minimum atomic E-state index is -0.151. The second-order valence-electron chi connectivity index (χ2n) is 6.24. The second-order valence-corrected chi connectivity index (χ2v) is 6.24. The first-order valence-electron chi connectivity index (χ1n) is 8.35. The van der Waals surface area contributed by atoms with E-state index in [1.807, 2.05) is 36.4 Å². The number of hydrogen-bond acceptors (Lipinski definition) is 2. The Morgan fingerprint density at radius 1 is 1.00 bits per heavy atom. The molecule has 2 aromatic carbocycles. The molecular weight excluding hydrogens is 286 g/mol. The highest BCUT2D eigenvalue weighted by Crippen LogP contribution is 2.34. The van der Waals surface area contributed by atoms with Crippen LogP contribution in [0.15, 0.2) is 60.7 Å². The zero-order valence-corrected chi connectivity index (χ0v) is 13.3. The molecule has 0 radical (unpaired) electrons. The minimum Gasteiger partial charge on any atom is -0.286 e. The summed E-state index contributed by atoms with van der Waals surface area (Å²) in [6, 6.07) is 20.5. The van der Waals surface area contributed by atoms with E-state index in [1.165, 1.54) is 11.1 Å². The van der Waals surface area contributed by atoms with Crippen LogP contribution < -0.4 is 0 Å². The van der Waals surface area contributed by atoms with Gasteiger partial charge in [0.15, 0.2) is 0 Å². The van der Waals surface area contributed by atoms with Crippen LogP contribution in [0, 0.1) is 0 Å². The van der Waals surface area contributed by atoms with Gasteiger partial charge in [0.25, 0.3) is 0 Å². The van der Waals surface area contributed by atoms with E-state index in [-0.39, 0.29) is 17.9 Å². The van der Waals surface area contributed by atoms with Crippen molar-refractivity contribution in [2.45, 2.75) is 44.1 Å². The Morgan fingerprint density at radius 2 is 1.65 bits per heavy atom. The third-order valence-electron chi connectivity index (χ3n) is 4.74. The Kier molecular flexibility index (Phi) is 5.09. The van der Waals surface area contributed by atoms with Crippen LogP contribution in [0.3, 0.4) is 0 Å². The molecule has 1 fully saturated rings. The van der Waals surface area contributed by atoms with Crippen LogP contribution in [0.1, 0.15) is 42.7 Å². The molecule has 0 aliphatic carbocycles. The van der Waals surface area contributed by atoms with Gasteiger partial charge in [0.2, 0.25) is 5.91 Å². The molecule has 2 atom stereocenters. The van der Waals surface area contributed by atoms with Gasteiger partial charge in [0, 0.05) is 12.3 Å². The van der Waals surface area contributed by atoms with E-state index >= 15 is 0 Å². The van der Waals surface area contributed by atoms with Gasteiger partial charge in [-0.15, -0.1) is 0 Å². The predicted octanol–water partition coefficient (Wildman–Crippen LogP) is 4.17. The molecule has 0 unspecified atom stereocenters. The van der Waals surface area contributed by atoms with Gasteiger partial charge >= 0.3 is 0 Å². The molecule has 2 aromatic rings. The van der Waals surface area contributed by atoms with Gasteiger partial charge in [-0.2, -0.15) is 0 Å². The number of benzene rings is 2. The summed E-state index contributed by atoms with van der Waals surface area (Å²) in [6.45, 7) is 0. The minimum absolute atomic E-state index is 0.123. The zero-order chi connectivity index (χ0) is 16.1. The molecular formula is C20H23NO2. The number of carbonyl (C=O) groups excluding carboxylic acids is 1. The second kappa shape index (κ2) is 7.42. The number of hydroxylamine groups is 2. The third-order valence-corrected chi connectivity index (χ3v) is 4.74. The lowest BCUT2D eigenvalue weighted by atomic mass is 9.82. The quantitative estimate of drug-likeness (QED) is 0.842. The van der Waals surface area contributed by atoms with Gasteiger partial charge < -0.3 is 0 Å². The first-order valence-corrected chi connectivity index (χ1v) is 8.35. The Labute approximate surface area is 137 Å². The van der Waals surface area contributed by atoms with Crippen molar-refractivity contribution in [1.29, 1.82) is 0 Å². The largest absolute Gasteiger partial charge is 0.286 e. The Hall–Kier alpha value is -2.13. The van der Waals surface area contributed by atoms with Gasteiger partial charge in [0.1, 0.15) is 0 Å². The van der Waals surface area contributed by atoms with Crippen molar-refractivity contribution in [3.63, 3.8) is 0 Å². The summed E-state index contributed by atoms with van der Waals surface area (Å²) in [5, 5.41) is 11.2. The Morgan fingerprint density at radius 3 is 2.35 bits per heavy atom. The number of amides is 1. The van der Waals surface area contributed by atoms with Crippen molar-refractivity contribution in [3.05, 3.63) is 71.8 Å². The van der Waals surface area contributed by atoms with Gasteiger partial charge in [-0.25, -0.2) is 5.06 Å². The summed E-state index contributed by atoms with van der Waals surface area (Å²) in [5.41, 5.74) is 2.51. The van der Waals surface area contributed by atoms with Crippen molar-refractivity contribution in [3.8, 4) is 0 Å². The standard InChI is InChI=1S/C20H23NO2/c22-20-15-14-18(17-11-5-2-6-12-17)19(21(20)23)13-7-10-16-8-3-1-4-9-16/h1-6,8-9,11-12,18-19,23H,7,10,13-15H2/t18-,19+/m1/s1. The molecule has 3 nitrogen and oxygen atoms in total. The molecule has 3 rings (SSSR count). The fourth-order valence-electron chi connectivity index (χ4n) is 3.51. The van der Waals surface area contributed by atoms with Crippen LogP contribution in [0.2, 0.25) is 0 Å². The molecule has 1 amide bonds. The first kappa shape index (κ1) is 15.8. The Balaban J connectivity index is 1.68. The van der Waals surface area contributed by atoms with E-state index in [0.29, 0.717) is 6.42 Å². The molecule has 120 valence electrons. The first-order chi connectivity index (χ1) is 11.3. The summed E-state index contributed by atoms with van der Waals surface area (Å²) in [5.74, 6) is 0.0663. The lowest BCUT2D eigenvalue weighted by molar-refractivity contribution is -0.185. The third kappa shape index (κ3) is 3.80. The number of piperidine rings is 1. The maximum atomic E-state index is 11.9. The highest BCUT2D eigenvalue weighted by molar-refractivity contribution is 5.76. The molecule has 1 aliphatic rings. The van der Waals surface area contributed by atoms with Crippen molar-refractivity contribution in [2.24, 2.45) is 0 Å². The topological polar surface area (TPSA) is 40.5 Å². The number of rotatable bonds is 5. The maximum Gasteiger partial charge on any atom is 0.246 e. The summed E-state index contributed by atoms with van der Waals surface area (Å²) >= 11 is 0. The normalized spacial score (nSPS) is 21.4. The lowest BCUT2D eigenvalue weighted by Gasteiger charge is -2.37. The van der Waals surface area contributed by atoms with Crippen molar-refractivity contribution in [2.75, 3.05) is 0 Å². The molecule has 3 heteroatoms. The van der Waals surface area contributed by atoms with Crippen LogP contribution in [0.5, 0.6) is 0 Å². The number of carbonyl (C=O) groups is 1. The van der Waals surface area contributed by atoms with E-state index < -0.39 is 0 Å². The molecule has 1 aliphatic heterocycles. The van der Waals surface area contributed by atoms with Crippen molar-refractivity contribution >= 4 is 5.91 Å². The summed E-state index contributed by atoms with van der Waals surface area (Å²) < 4.78 is 0. The molecule has 0 saturated carbocycles. The monoisotopic (exact) mass is 309 g/mol. The van der Waals surface area contributed by atoms with Gasteiger partial charge in [-0.3, -0.25) is 10.0 Å². The molecule has 1 N–H and O–H groups in total. The van der Waals surface area contributed by atoms with E-state index in [4.69, 9.17) is 0 Å². The van der Waals surface area contributed by atoms with Gasteiger partial charge in [-0.1, -0.05) is 60.7 Å². The van der Waals surface area contributed by atoms with Crippen LogP contribution >= 0.6 is 0 Å². The average Bonchev–Trinajstić information content (AvgIpc) is 2.60. The van der Waals surface area contributed by atoms with Crippen LogP contribution in [0.4, 0.5) is 0 Å². The van der Waals surface area contributed by atoms with E-state index in [0.717, 1.165) is 30.7 Å². The van der Waals surface area contributed by atoms with Crippen LogP contribution in [-0.4, -0.2) is 22.2 Å². The summed E-state index contributed by atoms with van der Waals surface area (Å²) in [7, 11) is 0. The summed E-state index contributed by atoms with van der Waals surface area (Å²) in [6.07, 6.45) is 3.99. The molecule has 0 spiro atoms. The lowest BCUT2D eigenvalue weighted by Crippen LogP contribution is -2.45. The van der Waals surface area contributed by atoms with Crippen LogP contribution in [-0.2, 0) is 11.2 Å². The van der Waals surface area contributed by atoms with Crippen LogP contribution in [0.25, 0.3) is 0 Å². The molecule has 1 saturated heterocycles. The zero-order valence-electron chi connectivity index (χ0n) is 13.3. The fraction of sp³-hybridized carbons (Fsp3) is 0.350. The maximum absolute atomic E-state index is 11.9. The molecule has 0 bridgehead atoms. The number of aryl methyl sites for hydroxylation is 1. The average molecular weight is 309 g/mol.